The summed E-state index contributed by atoms with van der Waals surface area (Å²) in [6.45, 7) is 10.7. The number of aromatic nitrogens is 1. The van der Waals surface area contributed by atoms with Crippen LogP contribution in [0.15, 0.2) is 54.7 Å². The van der Waals surface area contributed by atoms with Crippen LogP contribution in [0.4, 0.5) is 0 Å². The van der Waals surface area contributed by atoms with Gasteiger partial charge in [-0.3, -0.25) is 9.69 Å². The molecule has 6 nitrogen and oxygen atoms in total. The van der Waals surface area contributed by atoms with Crippen molar-refractivity contribution in [1.82, 2.24) is 14.8 Å². The first-order chi connectivity index (χ1) is 21.4. The minimum atomic E-state index is -0.0445. The first-order valence-corrected chi connectivity index (χ1v) is 16.7. The fraction of sp³-hybridized carbons (Fsp3) is 0.526. The number of carbonyl (C=O) groups is 2. The van der Waals surface area contributed by atoms with Crippen LogP contribution in [0.25, 0.3) is 16.5 Å². The van der Waals surface area contributed by atoms with Gasteiger partial charge in [-0.2, -0.15) is 0 Å². The van der Waals surface area contributed by atoms with Crippen LogP contribution >= 0.6 is 0 Å². The summed E-state index contributed by atoms with van der Waals surface area (Å²) in [5.41, 5.74) is 6.44. The minimum absolute atomic E-state index is 0.0445. The molecule has 240 valence electrons. The molecule has 0 fully saturated rings. The number of carbonyl (C=O) groups excluding carboxylic acids is 2. The van der Waals surface area contributed by atoms with Gasteiger partial charge in [0, 0.05) is 49.2 Å². The predicted molar refractivity (Wildman–Crippen MR) is 184 cm³/mol. The molecule has 1 aliphatic carbocycles. The van der Waals surface area contributed by atoms with Crippen LogP contribution in [0, 0.1) is 12.8 Å². The van der Waals surface area contributed by atoms with Gasteiger partial charge in [0.15, 0.2) is 0 Å². The number of likely N-dealkylation sites (N-methyl/N-ethyl adjacent to an activating group) is 1. The first kappa shape index (κ1) is 35.1. The van der Waals surface area contributed by atoms with Gasteiger partial charge in [-0.15, -0.1) is 0 Å². The van der Waals surface area contributed by atoms with Crippen LogP contribution in [0.3, 0.4) is 0 Å². The summed E-state index contributed by atoms with van der Waals surface area (Å²) in [5.74, 6) is 1.14. The van der Waals surface area contributed by atoms with E-state index in [1.54, 1.807) is 7.11 Å². The lowest BCUT2D eigenvalue weighted by Crippen LogP contribution is -2.47. The number of amides is 1. The lowest BCUT2D eigenvalue weighted by molar-refractivity contribution is -0.134. The Balaban J connectivity index is 0.000000220. The number of hydrogen-bond donors (Lipinski definition) is 1. The molecule has 44 heavy (non-hydrogen) atoms. The summed E-state index contributed by atoms with van der Waals surface area (Å²) >= 11 is 0. The normalized spacial score (nSPS) is 16.9. The number of benzene rings is 2. The van der Waals surface area contributed by atoms with E-state index in [1.807, 2.05) is 36.1 Å². The van der Waals surface area contributed by atoms with E-state index in [4.69, 9.17) is 4.74 Å². The molecule has 2 atom stereocenters. The number of ether oxygens (including phenoxy) is 1. The maximum absolute atomic E-state index is 12.9. The third-order valence-corrected chi connectivity index (χ3v) is 8.81. The second-order valence-electron chi connectivity index (χ2n) is 12.0. The molecule has 3 aromatic rings. The average molecular weight is 602 g/mol. The van der Waals surface area contributed by atoms with Crippen molar-refractivity contribution in [2.45, 2.75) is 91.5 Å². The van der Waals surface area contributed by atoms with Crippen molar-refractivity contribution < 1.29 is 14.3 Å². The Morgan fingerprint density at radius 2 is 1.73 bits per heavy atom. The van der Waals surface area contributed by atoms with Crippen LogP contribution in [-0.2, 0) is 16.0 Å². The molecule has 0 spiro atoms. The summed E-state index contributed by atoms with van der Waals surface area (Å²) in [4.78, 5) is 30.5. The lowest BCUT2D eigenvalue weighted by Gasteiger charge is -2.40. The van der Waals surface area contributed by atoms with E-state index in [1.165, 1.54) is 71.7 Å². The third-order valence-electron chi connectivity index (χ3n) is 8.81. The van der Waals surface area contributed by atoms with E-state index in [-0.39, 0.29) is 11.8 Å². The number of fused-ring (bicyclic) bond motifs is 2. The van der Waals surface area contributed by atoms with Crippen molar-refractivity contribution in [1.29, 1.82) is 0 Å². The highest BCUT2D eigenvalue weighted by molar-refractivity contribution is 5.99. The van der Waals surface area contributed by atoms with Gasteiger partial charge in [0.25, 0.3) is 0 Å². The van der Waals surface area contributed by atoms with Crippen molar-refractivity contribution in [3.63, 3.8) is 0 Å². The van der Waals surface area contributed by atoms with E-state index >= 15 is 0 Å². The number of unbranched alkanes of at least 4 members (excludes halogenated alkanes) is 7. The number of aldehydes is 1. The Kier molecular flexibility index (Phi) is 14.7. The molecule has 1 amide bonds. The number of methoxy groups -OCH3 is 1. The molecule has 0 saturated carbocycles. The molecule has 1 aromatic heterocycles. The second-order valence-corrected chi connectivity index (χ2v) is 12.0. The van der Waals surface area contributed by atoms with Crippen molar-refractivity contribution in [2.24, 2.45) is 5.92 Å². The molecular formula is C38H55N3O3. The number of aryl methyl sites for hydroxylation is 1. The van der Waals surface area contributed by atoms with Gasteiger partial charge >= 0.3 is 0 Å². The number of hydrogen-bond acceptors (Lipinski definition) is 4. The third kappa shape index (κ3) is 9.56. The van der Waals surface area contributed by atoms with Crippen molar-refractivity contribution in [3.05, 3.63) is 71.4 Å². The summed E-state index contributed by atoms with van der Waals surface area (Å²) in [5, 5.41) is 1.34. The van der Waals surface area contributed by atoms with Crippen molar-refractivity contribution in [2.75, 3.05) is 33.8 Å². The van der Waals surface area contributed by atoms with E-state index in [0.717, 1.165) is 50.9 Å². The molecule has 6 heteroatoms. The largest absolute Gasteiger partial charge is 0.497 e. The van der Waals surface area contributed by atoms with Crippen LogP contribution in [0.2, 0.25) is 0 Å². The highest BCUT2D eigenvalue weighted by Crippen LogP contribution is 2.41. The highest BCUT2D eigenvalue weighted by atomic mass is 16.5. The van der Waals surface area contributed by atoms with Crippen LogP contribution in [0.1, 0.15) is 88.8 Å². The number of H-pyrrole nitrogens is 1. The number of aromatic amines is 1. The first-order valence-electron chi connectivity index (χ1n) is 16.7. The minimum Gasteiger partial charge on any atom is -0.497 e. The van der Waals surface area contributed by atoms with E-state index in [9.17, 15) is 9.59 Å². The van der Waals surface area contributed by atoms with Crippen LogP contribution < -0.4 is 4.74 Å². The van der Waals surface area contributed by atoms with Gasteiger partial charge < -0.3 is 19.4 Å². The Hall–Kier alpha value is -3.38. The molecule has 5 rings (SSSR count). The zero-order valence-corrected chi connectivity index (χ0v) is 28.0. The molecule has 1 aliphatic heterocycles. The van der Waals surface area contributed by atoms with E-state index in [2.05, 4.69) is 68.2 Å². The molecule has 0 unspecified atom stereocenters. The summed E-state index contributed by atoms with van der Waals surface area (Å²) < 4.78 is 5.00. The van der Waals surface area contributed by atoms with Crippen molar-refractivity contribution >= 4 is 28.7 Å². The zero-order chi connectivity index (χ0) is 31.9. The quantitative estimate of drug-likeness (QED) is 0.168. The molecule has 2 aromatic carbocycles. The SMILES string of the molecule is CCCCCCCCCC=O.CCN(CC)C(=O)[C@@H]1C=C2c3cccc4[nH]cc(c34)C[C@H]2N(C)C1.COc1cccc(C)c1. The van der Waals surface area contributed by atoms with E-state index < -0.39 is 0 Å². The maximum Gasteiger partial charge on any atom is 0.230 e. The fourth-order valence-corrected chi connectivity index (χ4v) is 6.30. The van der Waals surface area contributed by atoms with Gasteiger partial charge in [-0.25, -0.2) is 0 Å². The Bertz CT molecular complexity index is 1340. The summed E-state index contributed by atoms with van der Waals surface area (Å²) in [6.07, 6.45) is 16.2. The molecule has 2 heterocycles. The summed E-state index contributed by atoms with van der Waals surface area (Å²) in [6, 6.07) is 14.8. The smallest absolute Gasteiger partial charge is 0.230 e. The molecular weight excluding hydrogens is 546 g/mol. The maximum atomic E-state index is 12.9. The number of rotatable bonds is 12. The van der Waals surface area contributed by atoms with Crippen LogP contribution in [-0.4, -0.2) is 66.8 Å². The number of nitrogens with zero attached hydrogens (tertiary/aromatic N) is 2. The lowest BCUT2D eigenvalue weighted by atomic mass is 9.79. The van der Waals surface area contributed by atoms with Gasteiger partial charge in [0.1, 0.15) is 12.0 Å². The monoisotopic (exact) mass is 601 g/mol. The van der Waals surface area contributed by atoms with Gasteiger partial charge in [0.2, 0.25) is 5.91 Å². The van der Waals surface area contributed by atoms with Gasteiger partial charge in [-0.05, 0) is 81.1 Å². The zero-order valence-electron chi connectivity index (χ0n) is 28.0. The predicted octanol–water partition coefficient (Wildman–Crippen LogP) is 8.24. The Morgan fingerprint density at radius 1 is 1.02 bits per heavy atom. The molecule has 2 aliphatic rings. The highest BCUT2D eigenvalue weighted by Gasteiger charge is 2.36. The van der Waals surface area contributed by atoms with Crippen molar-refractivity contribution in [3.8, 4) is 5.75 Å². The Morgan fingerprint density at radius 3 is 2.36 bits per heavy atom. The molecule has 0 bridgehead atoms. The van der Waals surface area contributed by atoms with Gasteiger partial charge in [-0.1, -0.05) is 75.8 Å². The topological polar surface area (TPSA) is 65.6 Å². The van der Waals surface area contributed by atoms with E-state index in [0.29, 0.717) is 6.04 Å². The summed E-state index contributed by atoms with van der Waals surface area (Å²) in [7, 11) is 3.83. The standard InChI is InChI=1S/C20H25N3O.C10H20O.C8H10O/c1-4-23(5-2)20(24)14-9-16-15-7-6-8-17-19(15)13(11-21-17)10-18(16)22(3)12-14;1-2-3-4-5-6-7-8-9-10-11;1-7-4-3-5-8(6-7)9-2/h6-9,11,14,18,21H,4-5,10,12H2,1-3H3;10H,2-9H2,1H3;3-6H,1-2H3/t14-,18-;;/m1../s1. The number of nitrogens with one attached hydrogen (secondary N) is 1. The van der Waals surface area contributed by atoms with Gasteiger partial charge in [0.05, 0.1) is 13.0 Å². The van der Waals surface area contributed by atoms with Crippen LogP contribution in [0.5, 0.6) is 5.75 Å². The Labute approximate surface area is 265 Å². The average Bonchev–Trinajstić information content (AvgIpc) is 3.46. The second kappa shape index (κ2) is 18.4. The fourth-order valence-electron chi connectivity index (χ4n) is 6.30. The molecule has 0 saturated heterocycles. The molecule has 1 N–H and O–H groups in total. The molecule has 0 radical (unpaired) electrons.